The van der Waals surface area contributed by atoms with E-state index in [9.17, 15) is 4.79 Å². The van der Waals surface area contributed by atoms with Gasteiger partial charge in [0.05, 0.1) is 10.0 Å². The molecule has 0 aromatic carbocycles. The van der Waals surface area contributed by atoms with Crippen LogP contribution in [0.2, 0.25) is 15.2 Å². The predicted octanol–water partition coefficient (Wildman–Crippen LogP) is 3.34. The minimum atomic E-state index is -1.22. The molecule has 0 unspecified atom stereocenters. The molecule has 0 saturated heterocycles. The van der Waals surface area contributed by atoms with Crippen LogP contribution in [0.3, 0.4) is 0 Å². The SMILES string of the molecule is O=C(O)c1c(Cl)c(Cl)nc(I)c1Cl. The van der Waals surface area contributed by atoms with Crippen molar-refractivity contribution in [2.75, 3.05) is 0 Å². The zero-order chi connectivity index (χ0) is 10.2. The van der Waals surface area contributed by atoms with Crippen molar-refractivity contribution < 1.29 is 9.90 Å². The number of aromatic carboxylic acids is 1. The molecule has 0 aliphatic rings. The molecular weight excluding hydrogens is 351 g/mol. The monoisotopic (exact) mass is 351 g/mol. The number of halogens is 4. The molecule has 1 aromatic rings. The average molecular weight is 352 g/mol. The van der Waals surface area contributed by atoms with Crippen LogP contribution in [0.15, 0.2) is 0 Å². The van der Waals surface area contributed by atoms with Gasteiger partial charge in [-0.25, -0.2) is 9.78 Å². The fourth-order valence-corrected chi connectivity index (χ4v) is 1.99. The van der Waals surface area contributed by atoms with Crippen LogP contribution in [0.4, 0.5) is 0 Å². The van der Waals surface area contributed by atoms with E-state index in [0.29, 0.717) is 3.70 Å². The maximum atomic E-state index is 10.7. The third-order valence-electron chi connectivity index (χ3n) is 1.21. The standard InChI is InChI=1S/C6HCl3INO2/c7-2-1(6(12)13)3(8)5(10)11-4(2)9/h(H,12,13). The quantitative estimate of drug-likeness (QED) is 0.623. The molecule has 1 rings (SSSR count). The second-order valence-corrected chi connectivity index (χ2v) is 4.14. The van der Waals surface area contributed by atoms with Crippen LogP contribution in [-0.2, 0) is 0 Å². The van der Waals surface area contributed by atoms with Gasteiger partial charge in [-0.1, -0.05) is 34.8 Å². The summed E-state index contributed by atoms with van der Waals surface area (Å²) in [7, 11) is 0. The van der Waals surface area contributed by atoms with E-state index in [1.165, 1.54) is 0 Å². The summed E-state index contributed by atoms with van der Waals surface area (Å²) >= 11 is 18.6. The van der Waals surface area contributed by atoms with Gasteiger partial charge in [-0.05, 0) is 22.6 Å². The van der Waals surface area contributed by atoms with Gasteiger partial charge in [-0.15, -0.1) is 0 Å². The first-order chi connectivity index (χ1) is 5.95. The molecule has 7 heteroatoms. The number of hydrogen-bond acceptors (Lipinski definition) is 2. The first-order valence-electron chi connectivity index (χ1n) is 2.88. The second kappa shape index (κ2) is 4.16. The zero-order valence-corrected chi connectivity index (χ0v) is 10.2. The summed E-state index contributed by atoms with van der Waals surface area (Å²) in [6, 6.07) is 0. The smallest absolute Gasteiger partial charge is 0.338 e. The summed E-state index contributed by atoms with van der Waals surface area (Å²) in [5.41, 5.74) is -0.215. The highest BCUT2D eigenvalue weighted by Gasteiger charge is 2.20. The Labute approximate surface area is 102 Å². The van der Waals surface area contributed by atoms with Crippen molar-refractivity contribution in [1.82, 2.24) is 4.98 Å². The lowest BCUT2D eigenvalue weighted by Crippen LogP contribution is -2.02. The number of hydrogen-bond donors (Lipinski definition) is 1. The molecule has 0 bridgehead atoms. The molecule has 0 fully saturated rings. The van der Waals surface area contributed by atoms with Gasteiger partial charge < -0.3 is 5.11 Å². The molecule has 0 aliphatic heterocycles. The average Bonchev–Trinajstić information content (AvgIpc) is 2.01. The molecule has 0 spiro atoms. The van der Waals surface area contributed by atoms with E-state index in [1.54, 1.807) is 22.6 Å². The third kappa shape index (κ3) is 2.18. The molecule has 0 atom stereocenters. The molecule has 0 saturated carbocycles. The lowest BCUT2D eigenvalue weighted by Gasteiger charge is -2.04. The van der Waals surface area contributed by atoms with Gasteiger partial charge in [0.1, 0.15) is 14.4 Å². The fourth-order valence-electron chi connectivity index (χ4n) is 0.675. The Balaban J connectivity index is 3.56. The van der Waals surface area contributed by atoms with E-state index < -0.39 is 5.97 Å². The van der Waals surface area contributed by atoms with Crippen LogP contribution in [0.25, 0.3) is 0 Å². The minimum Gasteiger partial charge on any atom is -0.478 e. The molecule has 1 N–H and O–H groups in total. The van der Waals surface area contributed by atoms with Crippen molar-refractivity contribution in [3.63, 3.8) is 0 Å². The van der Waals surface area contributed by atoms with Crippen molar-refractivity contribution in [2.24, 2.45) is 0 Å². The van der Waals surface area contributed by atoms with Crippen molar-refractivity contribution >= 4 is 63.4 Å². The summed E-state index contributed by atoms with van der Waals surface area (Å²) in [6.07, 6.45) is 0. The lowest BCUT2D eigenvalue weighted by atomic mass is 10.3. The first-order valence-corrected chi connectivity index (χ1v) is 5.09. The molecule has 70 valence electrons. The van der Waals surface area contributed by atoms with Crippen molar-refractivity contribution in [2.45, 2.75) is 0 Å². The summed E-state index contributed by atoms with van der Waals surface area (Å²) in [4.78, 5) is 14.4. The van der Waals surface area contributed by atoms with E-state index in [0.717, 1.165) is 0 Å². The molecule has 0 amide bonds. The number of carboxylic acid groups (broad SMARTS) is 1. The van der Waals surface area contributed by atoms with Crippen LogP contribution in [-0.4, -0.2) is 16.1 Å². The topological polar surface area (TPSA) is 50.2 Å². The van der Waals surface area contributed by atoms with Gasteiger partial charge >= 0.3 is 5.97 Å². The molecule has 0 radical (unpaired) electrons. The molecule has 1 aromatic heterocycles. The van der Waals surface area contributed by atoms with E-state index >= 15 is 0 Å². The van der Waals surface area contributed by atoms with Crippen LogP contribution in [0, 0.1) is 3.70 Å². The lowest BCUT2D eigenvalue weighted by molar-refractivity contribution is 0.0697. The van der Waals surface area contributed by atoms with Crippen LogP contribution in [0.5, 0.6) is 0 Å². The summed E-state index contributed by atoms with van der Waals surface area (Å²) in [5, 5.41) is 8.54. The van der Waals surface area contributed by atoms with E-state index in [-0.39, 0.29) is 20.8 Å². The van der Waals surface area contributed by atoms with E-state index in [4.69, 9.17) is 39.9 Å². The van der Waals surface area contributed by atoms with Gasteiger partial charge in [0.25, 0.3) is 0 Å². The first kappa shape index (κ1) is 11.3. The number of pyridine rings is 1. The van der Waals surface area contributed by atoms with E-state index in [1.807, 2.05) is 0 Å². The Morgan fingerprint density at radius 1 is 1.31 bits per heavy atom. The zero-order valence-electron chi connectivity index (χ0n) is 5.81. The van der Waals surface area contributed by atoms with Crippen LogP contribution < -0.4 is 0 Å². The van der Waals surface area contributed by atoms with Gasteiger partial charge in [0, 0.05) is 0 Å². The largest absolute Gasteiger partial charge is 0.478 e. The van der Waals surface area contributed by atoms with Gasteiger partial charge in [-0.2, -0.15) is 0 Å². The number of aromatic nitrogens is 1. The van der Waals surface area contributed by atoms with Crippen LogP contribution >= 0.6 is 57.4 Å². The van der Waals surface area contributed by atoms with Gasteiger partial charge in [0.2, 0.25) is 0 Å². The summed E-state index contributed by atoms with van der Waals surface area (Å²) in [6.45, 7) is 0. The maximum absolute atomic E-state index is 10.7. The highest BCUT2D eigenvalue weighted by molar-refractivity contribution is 14.1. The molecule has 1 heterocycles. The number of carbonyl (C=O) groups is 1. The predicted molar refractivity (Wildman–Crippen MR) is 58.9 cm³/mol. The van der Waals surface area contributed by atoms with Crippen LogP contribution in [0.1, 0.15) is 10.4 Å². The fraction of sp³-hybridized carbons (Fsp3) is 0. The van der Waals surface area contributed by atoms with E-state index in [2.05, 4.69) is 4.98 Å². The molecule has 3 nitrogen and oxygen atoms in total. The second-order valence-electron chi connectivity index (χ2n) is 2.00. The Morgan fingerprint density at radius 3 is 2.31 bits per heavy atom. The summed E-state index contributed by atoms with van der Waals surface area (Å²) in [5.74, 6) is -1.22. The number of nitrogens with zero attached hydrogens (tertiary/aromatic N) is 1. The third-order valence-corrected chi connectivity index (χ3v) is 3.42. The van der Waals surface area contributed by atoms with Crippen molar-refractivity contribution in [1.29, 1.82) is 0 Å². The summed E-state index contributed by atoms with van der Waals surface area (Å²) < 4.78 is 0.311. The van der Waals surface area contributed by atoms with Crippen molar-refractivity contribution in [3.8, 4) is 0 Å². The van der Waals surface area contributed by atoms with Crippen molar-refractivity contribution in [3.05, 3.63) is 24.5 Å². The Kier molecular flexibility index (Phi) is 3.62. The number of rotatable bonds is 1. The van der Waals surface area contributed by atoms with Gasteiger partial charge in [-0.3, -0.25) is 0 Å². The van der Waals surface area contributed by atoms with Gasteiger partial charge in [0.15, 0.2) is 0 Å². The number of carboxylic acids is 1. The molecule has 0 aliphatic carbocycles. The maximum Gasteiger partial charge on any atom is 0.338 e. The Morgan fingerprint density at radius 2 is 1.85 bits per heavy atom. The highest BCUT2D eigenvalue weighted by Crippen LogP contribution is 2.32. The minimum absolute atomic E-state index is 0.00231. The Hall–Kier alpha value is 0.220. The highest BCUT2D eigenvalue weighted by atomic mass is 127. The normalized spacial score (nSPS) is 10.2. The molecular formula is C6HCl3INO2. The Bertz CT molecular complexity index is 356. The molecule has 13 heavy (non-hydrogen) atoms.